The SMILES string of the molecule is Cc1ccc2nc(N)n(-c3cc(Cl)c(C)cc3Cl)c2n1. The van der Waals surface area contributed by atoms with E-state index in [4.69, 9.17) is 28.9 Å². The monoisotopic (exact) mass is 306 g/mol. The fourth-order valence-corrected chi connectivity index (χ4v) is 2.57. The maximum Gasteiger partial charge on any atom is 0.207 e. The summed E-state index contributed by atoms with van der Waals surface area (Å²) in [5.74, 6) is 0.333. The molecule has 3 aromatic rings. The van der Waals surface area contributed by atoms with Gasteiger partial charge < -0.3 is 5.73 Å². The normalized spacial score (nSPS) is 11.2. The Kier molecular flexibility index (Phi) is 3.07. The van der Waals surface area contributed by atoms with E-state index in [1.54, 1.807) is 16.7 Å². The molecule has 102 valence electrons. The fraction of sp³-hybridized carbons (Fsp3) is 0.143. The van der Waals surface area contributed by atoms with Crippen molar-refractivity contribution in [1.82, 2.24) is 14.5 Å². The number of aryl methyl sites for hydroxylation is 2. The van der Waals surface area contributed by atoms with Crippen molar-refractivity contribution in [3.05, 3.63) is 45.6 Å². The maximum absolute atomic E-state index is 6.31. The van der Waals surface area contributed by atoms with Crippen molar-refractivity contribution >= 4 is 40.3 Å². The van der Waals surface area contributed by atoms with Gasteiger partial charge >= 0.3 is 0 Å². The molecule has 2 heterocycles. The molecule has 0 fully saturated rings. The number of imidazole rings is 1. The fourth-order valence-electron chi connectivity index (χ4n) is 2.11. The van der Waals surface area contributed by atoms with E-state index in [0.29, 0.717) is 27.3 Å². The average Bonchev–Trinajstić information content (AvgIpc) is 2.69. The molecule has 0 unspecified atom stereocenters. The molecule has 4 nitrogen and oxygen atoms in total. The molecule has 2 N–H and O–H groups in total. The molecule has 0 atom stereocenters. The van der Waals surface area contributed by atoms with Gasteiger partial charge in [-0.05, 0) is 43.7 Å². The molecule has 2 aromatic heterocycles. The summed E-state index contributed by atoms with van der Waals surface area (Å²) in [5, 5.41) is 1.18. The van der Waals surface area contributed by atoms with E-state index in [2.05, 4.69) is 9.97 Å². The number of hydrogen-bond donors (Lipinski definition) is 1. The molecule has 3 rings (SSSR count). The highest BCUT2D eigenvalue weighted by Gasteiger charge is 2.15. The predicted molar refractivity (Wildman–Crippen MR) is 82.8 cm³/mol. The first-order chi connectivity index (χ1) is 9.47. The first-order valence-electron chi connectivity index (χ1n) is 6.05. The molecule has 0 saturated heterocycles. The molecule has 20 heavy (non-hydrogen) atoms. The zero-order valence-corrected chi connectivity index (χ0v) is 12.5. The minimum absolute atomic E-state index is 0.333. The number of fused-ring (bicyclic) bond motifs is 1. The Morgan fingerprint density at radius 2 is 1.80 bits per heavy atom. The minimum Gasteiger partial charge on any atom is -0.369 e. The van der Waals surface area contributed by atoms with Gasteiger partial charge in [0.05, 0.1) is 10.7 Å². The number of pyridine rings is 1. The second-order valence-corrected chi connectivity index (χ2v) is 5.47. The largest absolute Gasteiger partial charge is 0.369 e. The third-order valence-corrected chi connectivity index (χ3v) is 3.85. The van der Waals surface area contributed by atoms with Gasteiger partial charge in [-0.1, -0.05) is 23.2 Å². The molecule has 0 aliphatic heterocycles. The van der Waals surface area contributed by atoms with E-state index in [1.807, 2.05) is 26.0 Å². The Bertz CT molecular complexity index is 824. The standard InChI is InChI=1S/C14H12Cl2N4/c1-7-5-10(16)12(6-9(7)15)20-13-11(19-14(20)17)4-3-8(2)18-13/h3-6H,1-2H3,(H2,17,19). The van der Waals surface area contributed by atoms with Gasteiger partial charge in [-0.25, -0.2) is 9.97 Å². The molecule has 6 heteroatoms. The molecule has 0 aliphatic carbocycles. The summed E-state index contributed by atoms with van der Waals surface area (Å²) >= 11 is 12.5. The van der Waals surface area contributed by atoms with Crippen molar-refractivity contribution in [1.29, 1.82) is 0 Å². The molecule has 0 spiro atoms. The lowest BCUT2D eigenvalue weighted by Crippen LogP contribution is -2.03. The third-order valence-electron chi connectivity index (χ3n) is 3.14. The van der Waals surface area contributed by atoms with Crippen molar-refractivity contribution in [2.75, 3.05) is 5.73 Å². The maximum atomic E-state index is 6.31. The van der Waals surface area contributed by atoms with Gasteiger partial charge in [-0.2, -0.15) is 0 Å². The number of halogens is 2. The van der Waals surface area contributed by atoms with Gasteiger partial charge in [0.15, 0.2) is 5.65 Å². The molecule has 0 bridgehead atoms. The highest BCUT2D eigenvalue weighted by Crippen LogP contribution is 2.31. The first kappa shape index (κ1) is 13.2. The van der Waals surface area contributed by atoms with Crippen LogP contribution in [0, 0.1) is 13.8 Å². The topological polar surface area (TPSA) is 56.7 Å². The Morgan fingerprint density at radius 1 is 1.05 bits per heavy atom. The summed E-state index contributed by atoms with van der Waals surface area (Å²) in [4.78, 5) is 8.79. The Morgan fingerprint density at radius 3 is 2.55 bits per heavy atom. The summed E-state index contributed by atoms with van der Waals surface area (Å²) in [6.45, 7) is 3.81. The van der Waals surface area contributed by atoms with E-state index in [0.717, 1.165) is 16.8 Å². The number of nitrogens with zero attached hydrogens (tertiary/aromatic N) is 3. The van der Waals surface area contributed by atoms with Gasteiger partial charge in [0.25, 0.3) is 0 Å². The highest BCUT2D eigenvalue weighted by atomic mass is 35.5. The van der Waals surface area contributed by atoms with E-state index >= 15 is 0 Å². The van der Waals surface area contributed by atoms with Crippen LogP contribution in [0.1, 0.15) is 11.3 Å². The second kappa shape index (κ2) is 4.65. The zero-order valence-electron chi connectivity index (χ0n) is 11.0. The highest BCUT2D eigenvalue weighted by molar-refractivity contribution is 6.35. The van der Waals surface area contributed by atoms with Gasteiger partial charge in [-0.3, -0.25) is 4.57 Å². The van der Waals surface area contributed by atoms with Crippen LogP contribution in [0.25, 0.3) is 16.9 Å². The number of anilines is 1. The first-order valence-corrected chi connectivity index (χ1v) is 6.80. The number of benzene rings is 1. The molecule has 0 radical (unpaired) electrons. The van der Waals surface area contributed by atoms with Crippen LogP contribution in [0.4, 0.5) is 5.95 Å². The van der Waals surface area contributed by atoms with Crippen molar-refractivity contribution in [2.45, 2.75) is 13.8 Å². The van der Waals surface area contributed by atoms with E-state index in [-0.39, 0.29) is 0 Å². The summed E-state index contributed by atoms with van der Waals surface area (Å²) in [5.41, 5.74) is 9.87. The van der Waals surface area contributed by atoms with Crippen LogP contribution in [-0.2, 0) is 0 Å². The van der Waals surface area contributed by atoms with Crippen LogP contribution < -0.4 is 5.73 Å². The van der Waals surface area contributed by atoms with Gasteiger partial charge in [-0.15, -0.1) is 0 Å². The number of rotatable bonds is 1. The van der Waals surface area contributed by atoms with E-state index in [1.165, 1.54) is 0 Å². The van der Waals surface area contributed by atoms with Crippen LogP contribution in [0.2, 0.25) is 10.0 Å². The lowest BCUT2D eigenvalue weighted by atomic mass is 10.2. The number of hydrogen-bond acceptors (Lipinski definition) is 3. The zero-order chi connectivity index (χ0) is 14.4. The van der Waals surface area contributed by atoms with Crippen LogP contribution in [-0.4, -0.2) is 14.5 Å². The van der Waals surface area contributed by atoms with Crippen molar-refractivity contribution in [3.8, 4) is 5.69 Å². The van der Waals surface area contributed by atoms with Crippen molar-refractivity contribution < 1.29 is 0 Å². The summed E-state index contributed by atoms with van der Waals surface area (Å²) in [7, 11) is 0. The Balaban J connectivity index is 2.37. The Hall–Kier alpha value is -1.78. The van der Waals surface area contributed by atoms with Gasteiger partial charge in [0, 0.05) is 10.7 Å². The minimum atomic E-state index is 0.333. The Labute approximate surface area is 126 Å². The molecule has 1 aromatic carbocycles. The quantitative estimate of drug-likeness (QED) is 0.741. The smallest absolute Gasteiger partial charge is 0.207 e. The number of aromatic nitrogens is 3. The van der Waals surface area contributed by atoms with Crippen LogP contribution in [0.3, 0.4) is 0 Å². The van der Waals surface area contributed by atoms with Crippen LogP contribution in [0.15, 0.2) is 24.3 Å². The van der Waals surface area contributed by atoms with Gasteiger partial charge in [0.1, 0.15) is 5.52 Å². The van der Waals surface area contributed by atoms with E-state index < -0.39 is 0 Å². The summed E-state index contributed by atoms with van der Waals surface area (Å²) < 4.78 is 1.72. The molecule has 0 aliphatic rings. The lowest BCUT2D eigenvalue weighted by molar-refractivity contribution is 1.07. The average molecular weight is 307 g/mol. The number of nitrogen functional groups attached to an aromatic ring is 1. The third kappa shape index (κ3) is 2.01. The summed E-state index contributed by atoms with van der Waals surface area (Å²) in [6, 6.07) is 7.36. The molecule has 0 saturated carbocycles. The second-order valence-electron chi connectivity index (χ2n) is 4.65. The van der Waals surface area contributed by atoms with Crippen LogP contribution in [0.5, 0.6) is 0 Å². The lowest BCUT2D eigenvalue weighted by Gasteiger charge is -2.10. The molecular weight excluding hydrogens is 295 g/mol. The van der Waals surface area contributed by atoms with Gasteiger partial charge in [0.2, 0.25) is 5.95 Å². The predicted octanol–water partition coefficient (Wildman–Crippen LogP) is 3.93. The molecule has 0 amide bonds. The van der Waals surface area contributed by atoms with Crippen molar-refractivity contribution in [3.63, 3.8) is 0 Å². The van der Waals surface area contributed by atoms with Crippen LogP contribution >= 0.6 is 23.2 Å². The van der Waals surface area contributed by atoms with Crippen molar-refractivity contribution in [2.24, 2.45) is 0 Å². The summed E-state index contributed by atoms with van der Waals surface area (Å²) in [6.07, 6.45) is 0. The van der Waals surface area contributed by atoms with E-state index in [9.17, 15) is 0 Å². The number of nitrogens with two attached hydrogens (primary N) is 1. The molecular formula is C14H12Cl2N4.